The van der Waals surface area contributed by atoms with Gasteiger partial charge < -0.3 is 5.32 Å². The summed E-state index contributed by atoms with van der Waals surface area (Å²) in [4.78, 5) is 2.18. The third-order valence-electron chi connectivity index (χ3n) is 3.66. The van der Waals surface area contributed by atoms with Gasteiger partial charge in [-0.2, -0.15) is 13.2 Å². The molecule has 1 heterocycles. The summed E-state index contributed by atoms with van der Waals surface area (Å²) in [7, 11) is 0. The van der Waals surface area contributed by atoms with Crippen molar-refractivity contribution in [2.75, 3.05) is 26.2 Å². The lowest BCUT2D eigenvalue weighted by Crippen LogP contribution is -2.45. The van der Waals surface area contributed by atoms with Crippen LogP contribution in [0.25, 0.3) is 0 Å². The minimum atomic E-state index is -4.64. The Labute approximate surface area is 115 Å². The summed E-state index contributed by atoms with van der Waals surface area (Å²) in [5, 5.41) is 3.22. The van der Waals surface area contributed by atoms with Crippen molar-refractivity contribution >= 4 is 0 Å². The number of hydrogen-bond acceptors (Lipinski definition) is 2. The topological polar surface area (TPSA) is 15.3 Å². The van der Waals surface area contributed by atoms with Crippen LogP contribution in [0, 0.1) is 5.82 Å². The summed E-state index contributed by atoms with van der Waals surface area (Å²) in [6.45, 7) is 5.30. The van der Waals surface area contributed by atoms with Crippen LogP contribution in [0.15, 0.2) is 18.2 Å². The molecular formula is C14H18F4N2. The van der Waals surface area contributed by atoms with Gasteiger partial charge >= 0.3 is 6.18 Å². The molecule has 1 fully saturated rings. The highest BCUT2D eigenvalue weighted by molar-refractivity contribution is 5.28. The zero-order chi connectivity index (χ0) is 14.8. The van der Waals surface area contributed by atoms with E-state index in [2.05, 4.69) is 10.2 Å². The largest absolute Gasteiger partial charge is 0.419 e. The Balaban J connectivity index is 2.24. The number of piperazine rings is 1. The van der Waals surface area contributed by atoms with E-state index in [9.17, 15) is 17.6 Å². The molecule has 0 aromatic heterocycles. The monoisotopic (exact) mass is 290 g/mol. The van der Waals surface area contributed by atoms with Crippen LogP contribution in [-0.4, -0.2) is 31.1 Å². The van der Waals surface area contributed by atoms with Crippen molar-refractivity contribution in [3.05, 3.63) is 35.1 Å². The fraction of sp³-hybridized carbons (Fsp3) is 0.571. The van der Waals surface area contributed by atoms with Crippen molar-refractivity contribution in [2.45, 2.75) is 25.6 Å². The molecule has 0 unspecified atom stereocenters. The molecule has 1 saturated heterocycles. The zero-order valence-electron chi connectivity index (χ0n) is 11.3. The number of rotatable bonds is 3. The number of hydrogen-bond donors (Lipinski definition) is 1. The predicted molar refractivity (Wildman–Crippen MR) is 68.9 cm³/mol. The number of alkyl halides is 3. The van der Waals surface area contributed by atoms with Gasteiger partial charge in [0.15, 0.2) is 0 Å². The molecule has 20 heavy (non-hydrogen) atoms. The smallest absolute Gasteiger partial charge is 0.314 e. The van der Waals surface area contributed by atoms with Crippen LogP contribution in [0.4, 0.5) is 17.6 Å². The molecule has 1 aliphatic heterocycles. The van der Waals surface area contributed by atoms with Gasteiger partial charge in [0.1, 0.15) is 5.82 Å². The summed E-state index contributed by atoms with van der Waals surface area (Å²) < 4.78 is 51.3. The fourth-order valence-electron chi connectivity index (χ4n) is 2.67. The molecule has 0 radical (unpaired) electrons. The highest BCUT2D eigenvalue weighted by Gasteiger charge is 2.34. The van der Waals surface area contributed by atoms with Gasteiger partial charge in [0.2, 0.25) is 0 Å². The van der Waals surface area contributed by atoms with Crippen molar-refractivity contribution in [3.8, 4) is 0 Å². The Morgan fingerprint density at radius 1 is 1.25 bits per heavy atom. The number of benzene rings is 1. The third kappa shape index (κ3) is 3.30. The van der Waals surface area contributed by atoms with E-state index in [1.807, 2.05) is 6.92 Å². The Morgan fingerprint density at radius 3 is 2.40 bits per heavy atom. The molecule has 2 nitrogen and oxygen atoms in total. The predicted octanol–water partition coefficient (Wildman–Crippen LogP) is 3.20. The van der Waals surface area contributed by atoms with Crippen LogP contribution >= 0.6 is 0 Å². The van der Waals surface area contributed by atoms with E-state index in [0.717, 1.165) is 44.7 Å². The summed E-state index contributed by atoms with van der Waals surface area (Å²) in [6.07, 6.45) is -3.90. The SMILES string of the molecule is CC[C@H](c1ccc(C(F)(F)F)c(F)c1)N1CCNCC1. The van der Waals surface area contributed by atoms with E-state index in [1.165, 1.54) is 6.07 Å². The first-order chi connectivity index (χ1) is 9.43. The number of nitrogens with one attached hydrogen (secondary N) is 1. The van der Waals surface area contributed by atoms with Gasteiger partial charge in [-0.3, -0.25) is 4.90 Å². The first kappa shape index (κ1) is 15.3. The van der Waals surface area contributed by atoms with Gasteiger partial charge in [-0.05, 0) is 24.1 Å². The molecule has 6 heteroatoms. The van der Waals surface area contributed by atoms with Gasteiger partial charge in [0.05, 0.1) is 5.56 Å². The molecule has 2 rings (SSSR count). The zero-order valence-corrected chi connectivity index (χ0v) is 11.3. The van der Waals surface area contributed by atoms with Crippen LogP contribution in [0.1, 0.15) is 30.5 Å². The lowest BCUT2D eigenvalue weighted by Gasteiger charge is -2.34. The molecule has 112 valence electrons. The van der Waals surface area contributed by atoms with Crippen molar-refractivity contribution in [2.24, 2.45) is 0 Å². The highest BCUT2D eigenvalue weighted by atomic mass is 19.4. The van der Waals surface area contributed by atoms with E-state index >= 15 is 0 Å². The standard InChI is InChI=1S/C14H18F4N2/c1-2-13(20-7-5-19-6-8-20)10-3-4-11(12(15)9-10)14(16,17)18/h3-4,9,13,19H,2,5-8H2,1H3/t13-/m1/s1. The molecule has 0 amide bonds. The second-order valence-corrected chi connectivity index (χ2v) is 4.95. The molecule has 1 N–H and O–H groups in total. The summed E-state index contributed by atoms with van der Waals surface area (Å²) in [5.41, 5.74) is -0.587. The maximum atomic E-state index is 13.7. The first-order valence-corrected chi connectivity index (χ1v) is 6.75. The second-order valence-electron chi connectivity index (χ2n) is 4.95. The fourth-order valence-corrected chi connectivity index (χ4v) is 2.67. The minimum Gasteiger partial charge on any atom is -0.314 e. The molecule has 1 aromatic rings. The van der Waals surface area contributed by atoms with Crippen molar-refractivity contribution in [1.29, 1.82) is 0 Å². The molecule has 0 saturated carbocycles. The van der Waals surface area contributed by atoms with Crippen molar-refractivity contribution in [3.63, 3.8) is 0 Å². The maximum Gasteiger partial charge on any atom is 0.419 e. The maximum absolute atomic E-state index is 13.7. The Kier molecular flexibility index (Phi) is 4.65. The summed E-state index contributed by atoms with van der Waals surface area (Å²) in [6, 6.07) is 3.23. The van der Waals surface area contributed by atoms with Gasteiger partial charge in [-0.25, -0.2) is 4.39 Å². The van der Waals surface area contributed by atoms with Crippen LogP contribution in [-0.2, 0) is 6.18 Å². The second kappa shape index (κ2) is 6.10. The average Bonchev–Trinajstić information content (AvgIpc) is 2.39. The summed E-state index contributed by atoms with van der Waals surface area (Å²) in [5.74, 6) is -1.19. The Bertz CT molecular complexity index is 453. The van der Waals surface area contributed by atoms with Gasteiger partial charge in [0, 0.05) is 32.2 Å². The molecule has 1 atom stereocenters. The minimum absolute atomic E-state index is 0.0334. The lowest BCUT2D eigenvalue weighted by atomic mass is 10.00. The van der Waals surface area contributed by atoms with Gasteiger partial charge in [-0.15, -0.1) is 0 Å². The van der Waals surface area contributed by atoms with E-state index in [4.69, 9.17) is 0 Å². The van der Waals surface area contributed by atoms with E-state index in [0.29, 0.717) is 5.56 Å². The lowest BCUT2D eigenvalue weighted by molar-refractivity contribution is -0.140. The molecule has 0 bridgehead atoms. The normalized spacial score (nSPS) is 19.1. The van der Waals surface area contributed by atoms with Crippen molar-refractivity contribution in [1.82, 2.24) is 10.2 Å². The Hall–Kier alpha value is -1.14. The van der Waals surface area contributed by atoms with Gasteiger partial charge in [-0.1, -0.05) is 13.0 Å². The molecule has 0 spiro atoms. The quantitative estimate of drug-likeness (QED) is 0.860. The molecule has 0 aliphatic carbocycles. The Morgan fingerprint density at radius 2 is 1.90 bits per heavy atom. The average molecular weight is 290 g/mol. The van der Waals surface area contributed by atoms with E-state index in [-0.39, 0.29) is 6.04 Å². The van der Waals surface area contributed by atoms with Crippen LogP contribution in [0.5, 0.6) is 0 Å². The van der Waals surface area contributed by atoms with E-state index in [1.54, 1.807) is 0 Å². The van der Waals surface area contributed by atoms with Crippen molar-refractivity contribution < 1.29 is 17.6 Å². The number of nitrogens with zero attached hydrogens (tertiary/aromatic N) is 1. The molecular weight excluding hydrogens is 272 g/mol. The molecule has 1 aliphatic rings. The van der Waals surface area contributed by atoms with E-state index < -0.39 is 17.6 Å². The van der Waals surface area contributed by atoms with Crippen LogP contribution in [0.2, 0.25) is 0 Å². The third-order valence-corrected chi connectivity index (χ3v) is 3.66. The molecule has 1 aromatic carbocycles. The highest BCUT2D eigenvalue weighted by Crippen LogP contribution is 2.34. The first-order valence-electron chi connectivity index (χ1n) is 6.75. The van der Waals surface area contributed by atoms with Crippen LogP contribution in [0.3, 0.4) is 0 Å². The van der Waals surface area contributed by atoms with Crippen LogP contribution < -0.4 is 5.32 Å². The number of halogens is 4. The van der Waals surface area contributed by atoms with Gasteiger partial charge in [0.25, 0.3) is 0 Å². The summed E-state index contributed by atoms with van der Waals surface area (Å²) >= 11 is 0.